The Kier molecular flexibility index (Phi) is 5.63. The molecule has 2 atom stereocenters. The largest absolute Gasteiger partial charge is 0.463 e. The van der Waals surface area contributed by atoms with Gasteiger partial charge in [0.25, 0.3) is 0 Å². The molecule has 17 heavy (non-hydrogen) atoms. The highest BCUT2D eigenvalue weighted by Gasteiger charge is 2.38. The van der Waals surface area contributed by atoms with Crippen LogP contribution in [0, 0.1) is 17.3 Å². The highest BCUT2D eigenvalue weighted by molar-refractivity contribution is 5.78. The van der Waals surface area contributed by atoms with Gasteiger partial charge >= 0.3 is 5.97 Å². The highest BCUT2D eigenvalue weighted by atomic mass is 19.1. The molecule has 0 heterocycles. The topological polar surface area (TPSA) is 26.3 Å². The Morgan fingerprint density at radius 2 is 1.65 bits per heavy atom. The second kappa shape index (κ2) is 5.83. The van der Waals surface area contributed by atoms with Gasteiger partial charge in [-0.25, -0.2) is 9.18 Å². The molecule has 0 saturated carbocycles. The summed E-state index contributed by atoms with van der Waals surface area (Å²) in [6.45, 7) is 13.4. The van der Waals surface area contributed by atoms with Crippen molar-refractivity contribution in [2.24, 2.45) is 17.3 Å². The van der Waals surface area contributed by atoms with Gasteiger partial charge in [0.15, 0.2) is 0 Å². The molecule has 0 aromatic heterocycles. The summed E-state index contributed by atoms with van der Waals surface area (Å²) in [5.41, 5.74) is -2.12. The molecule has 0 amide bonds. The number of hydrogen-bond acceptors (Lipinski definition) is 2. The zero-order valence-corrected chi connectivity index (χ0v) is 12.3. The molecule has 0 N–H and O–H groups in total. The summed E-state index contributed by atoms with van der Waals surface area (Å²) in [6.07, 6.45) is 0.175. The summed E-state index contributed by atoms with van der Waals surface area (Å²) in [5, 5.41) is 0. The molecule has 2 nitrogen and oxygen atoms in total. The smallest absolute Gasteiger partial charge is 0.343 e. The number of rotatable bonds is 5. The van der Waals surface area contributed by atoms with E-state index in [0.29, 0.717) is 12.5 Å². The van der Waals surface area contributed by atoms with Crippen molar-refractivity contribution in [3.63, 3.8) is 0 Å². The maximum atomic E-state index is 14.2. The van der Waals surface area contributed by atoms with Crippen LogP contribution < -0.4 is 0 Å². The molecule has 0 rings (SSSR count). The Morgan fingerprint density at radius 3 is 2.00 bits per heavy atom. The van der Waals surface area contributed by atoms with Crippen molar-refractivity contribution in [2.75, 3.05) is 6.61 Å². The van der Waals surface area contributed by atoms with Crippen molar-refractivity contribution in [3.8, 4) is 0 Å². The number of hydrogen-bond donors (Lipinski definition) is 0. The lowest BCUT2D eigenvalue weighted by Gasteiger charge is -2.27. The van der Waals surface area contributed by atoms with E-state index in [-0.39, 0.29) is 17.8 Å². The highest BCUT2D eigenvalue weighted by Crippen LogP contribution is 2.31. The van der Waals surface area contributed by atoms with Crippen LogP contribution in [-0.4, -0.2) is 18.2 Å². The summed E-state index contributed by atoms with van der Waals surface area (Å²) in [5.74, 6) is -0.0550. The number of ether oxygens (including phenoxy) is 1. The van der Waals surface area contributed by atoms with Crippen molar-refractivity contribution in [1.29, 1.82) is 0 Å². The van der Waals surface area contributed by atoms with Crippen LogP contribution >= 0.6 is 0 Å². The molecule has 0 aliphatic heterocycles. The Balaban J connectivity index is 4.31. The van der Waals surface area contributed by atoms with E-state index in [4.69, 9.17) is 4.74 Å². The van der Waals surface area contributed by atoms with Gasteiger partial charge in [-0.3, -0.25) is 0 Å². The van der Waals surface area contributed by atoms with E-state index < -0.39 is 11.6 Å². The van der Waals surface area contributed by atoms with Crippen LogP contribution in [0.15, 0.2) is 0 Å². The Labute approximate surface area is 105 Å². The summed E-state index contributed by atoms with van der Waals surface area (Å²) in [6, 6.07) is 0. The van der Waals surface area contributed by atoms with E-state index in [1.54, 1.807) is 0 Å². The van der Waals surface area contributed by atoms with Crippen LogP contribution in [0.3, 0.4) is 0 Å². The number of alkyl halides is 1. The molecule has 0 bridgehead atoms. The molecule has 0 saturated heterocycles. The monoisotopic (exact) mass is 246 g/mol. The van der Waals surface area contributed by atoms with Crippen molar-refractivity contribution in [2.45, 2.75) is 60.6 Å². The number of carbonyl (C=O) groups excluding carboxylic acids is 1. The number of esters is 1. The van der Waals surface area contributed by atoms with Gasteiger partial charge in [0.1, 0.15) is 0 Å². The Bertz CT molecular complexity index is 251. The molecule has 0 aliphatic carbocycles. The minimum absolute atomic E-state index is 0.175. The van der Waals surface area contributed by atoms with Crippen molar-refractivity contribution in [1.82, 2.24) is 0 Å². The standard InChI is InChI=1S/C14H27FO2/c1-10(2)11(3)8-17-12(16)14(7,15)9-13(4,5)6/h10-11H,8-9H2,1-7H3. The first kappa shape index (κ1) is 16.4. The van der Waals surface area contributed by atoms with E-state index in [1.165, 1.54) is 6.92 Å². The lowest BCUT2D eigenvalue weighted by Crippen LogP contribution is -2.37. The zero-order valence-electron chi connectivity index (χ0n) is 12.3. The maximum absolute atomic E-state index is 14.2. The fourth-order valence-corrected chi connectivity index (χ4v) is 1.62. The fourth-order valence-electron chi connectivity index (χ4n) is 1.62. The Morgan fingerprint density at radius 1 is 1.18 bits per heavy atom. The third-order valence-electron chi connectivity index (χ3n) is 2.90. The van der Waals surface area contributed by atoms with Gasteiger partial charge in [-0.15, -0.1) is 0 Å². The number of halogens is 1. The molecular formula is C14H27FO2. The third-order valence-corrected chi connectivity index (χ3v) is 2.90. The second-order valence-corrected chi connectivity index (χ2v) is 6.75. The molecular weight excluding hydrogens is 219 g/mol. The first-order valence-corrected chi connectivity index (χ1v) is 6.32. The van der Waals surface area contributed by atoms with Crippen molar-refractivity contribution < 1.29 is 13.9 Å². The minimum Gasteiger partial charge on any atom is -0.463 e. The fraction of sp³-hybridized carbons (Fsp3) is 0.929. The van der Waals surface area contributed by atoms with Crippen LogP contribution in [0.4, 0.5) is 4.39 Å². The Hall–Kier alpha value is -0.600. The SMILES string of the molecule is CC(C)C(C)COC(=O)C(C)(F)CC(C)(C)C. The predicted molar refractivity (Wildman–Crippen MR) is 68.5 cm³/mol. The minimum atomic E-state index is -1.89. The molecule has 0 fully saturated rings. The average Bonchev–Trinajstić information content (AvgIpc) is 2.09. The van der Waals surface area contributed by atoms with Crippen molar-refractivity contribution >= 4 is 5.97 Å². The summed E-state index contributed by atoms with van der Waals surface area (Å²) < 4.78 is 19.2. The van der Waals surface area contributed by atoms with Crippen LogP contribution in [0.2, 0.25) is 0 Å². The molecule has 0 aromatic carbocycles. The molecule has 0 spiro atoms. The van der Waals surface area contributed by atoms with Gasteiger partial charge in [-0.05, 0) is 30.6 Å². The van der Waals surface area contributed by atoms with E-state index in [2.05, 4.69) is 13.8 Å². The molecule has 102 valence electrons. The van der Waals surface area contributed by atoms with Gasteiger partial charge in [0.05, 0.1) is 6.61 Å². The van der Waals surface area contributed by atoms with Crippen LogP contribution in [0.25, 0.3) is 0 Å². The number of carbonyl (C=O) groups is 1. The maximum Gasteiger partial charge on any atom is 0.343 e. The zero-order chi connectivity index (χ0) is 13.9. The molecule has 2 unspecified atom stereocenters. The van der Waals surface area contributed by atoms with Crippen molar-refractivity contribution in [3.05, 3.63) is 0 Å². The summed E-state index contributed by atoms with van der Waals surface area (Å²) in [7, 11) is 0. The van der Waals surface area contributed by atoms with Crippen LogP contribution in [0.5, 0.6) is 0 Å². The van der Waals surface area contributed by atoms with Crippen LogP contribution in [-0.2, 0) is 9.53 Å². The third kappa shape index (κ3) is 6.64. The lowest BCUT2D eigenvalue weighted by molar-refractivity contribution is -0.160. The molecule has 0 radical (unpaired) electrons. The van der Waals surface area contributed by atoms with Gasteiger partial charge in [0.2, 0.25) is 5.67 Å². The molecule has 0 aromatic rings. The molecule has 0 aliphatic rings. The second-order valence-electron chi connectivity index (χ2n) is 6.75. The lowest BCUT2D eigenvalue weighted by atomic mass is 9.84. The van der Waals surface area contributed by atoms with E-state index >= 15 is 0 Å². The van der Waals surface area contributed by atoms with Gasteiger partial charge in [-0.2, -0.15) is 0 Å². The normalized spacial score (nSPS) is 17.7. The van der Waals surface area contributed by atoms with Crippen LogP contribution in [0.1, 0.15) is 54.9 Å². The van der Waals surface area contributed by atoms with Gasteiger partial charge < -0.3 is 4.74 Å². The van der Waals surface area contributed by atoms with Gasteiger partial charge in [-0.1, -0.05) is 41.5 Å². The summed E-state index contributed by atoms with van der Waals surface area (Å²) >= 11 is 0. The summed E-state index contributed by atoms with van der Waals surface area (Å²) in [4.78, 5) is 11.7. The van der Waals surface area contributed by atoms with E-state index in [9.17, 15) is 9.18 Å². The predicted octanol–water partition coefficient (Wildman–Crippen LogP) is 3.99. The first-order chi connectivity index (χ1) is 7.46. The van der Waals surface area contributed by atoms with E-state index in [0.717, 1.165) is 0 Å². The van der Waals surface area contributed by atoms with Gasteiger partial charge in [0, 0.05) is 0 Å². The average molecular weight is 246 g/mol. The first-order valence-electron chi connectivity index (χ1n) is 6.32. The molecule has 3 heteroatoms. The van der Waals surface area contributed by atoms with E-state index in [1.807, 2.05) is 27.7 Å². The quantitative estimate of drug-likeness (QED) is 0.686.